The number of nitrogens with zero attached hydrogens (tertiary/aromatic N) is 5. The number of aromatic nitrogens is 2. The molecule has 0 amide bonds. The minimum Gasteiger partial charge on any atom is -0.379 e. The maximum Gasteiger partial charge on any atom is 0.293 e. The van der Waals surface area contributed by atoms with Gasteiger partial charge in [-0.3, -0.25) is 19.7 Å². The second-order valence-corrected chi connectivity index (χ2v) is 16.3. The smallest absolute Gasteiger partial charge is 0.293 e. The number of rotatable bonds is 13. The first-order valence-electron chi connectivity index (χ1n) is 17.1. The quantitative estimate of drug-likeness (QED) is 0.0505. The van der Waals surface area contributed by atoms with E-state index in [4.69, 9.17) is 23.2 Å². The predicted molar refractivity (Wildman–Crippen MR) is 218 cm³/mol. The average molecular weight is 801 g/mol. The number of anilines is 3. The van der Waals surface area contributed by atoms with E-state index >= 15 is 0 Å². The van der Waals surface area contributed by atoms with E-state index in [0.717, 1.165) is 60.5 Å². The summed E-state index contributed by atoms with van der Waals surface area (Å²) in [6, 6.07) is 33.3. The van der Waals surface area contributed by atoms with E-state index in [-0.39, 0.29) is 22.1 Å². The Morgan fingerprint density at radius 2 is 1.61 bits per heavy atom. The lowest BCUT2D eigenvalue weighted by Crippen LogP contribution is -2.46. The minimum atomic E-state index is -4.23. The van der Waals surface area contributed by atoms with Gasteiger partial charge in [0.2, 0.25) is 0 Å². The van der Waals surface area contributed by atoms with Crippen LogP contribution >= 0.6 is 35.0 Å². The summed E-state index contributed by atoms with van der Waals surface area (Å²) in [5.74, 6) is 0.749. The normalized spacial score (nSPS) is 13.6. The van der Waals surface area contributed by atoms with E-state index in [2.05, 4.69) is 41.9 Å². The first-order valence-corrected chi connectivity index (χ1v) is 20.4. The summed E-state index contributed by atoms with van der Waals surface area (Å²) in [6.45, 7) is 4.51. The van der Waals surface area contributed by atoms with Crippen molar-refractivity contribution in [3.05, 3.63) is 141 Å². The molecule has 1 aliphatic heterocycles. The Kier molecular flexibility index (Phi) is 11.5. The second kappa shape index (κ2) is 16.6. The van der Waals surface area contributed by atoms with Crippen LogP contribution in [0.1, 0.15) is 5.56 Å². The van der Waals surface area contributed by atoms with E-state index < -0.39 is 14.9 Å². The van der Waals surface area contributed by atoms with Crippen LogP contribution in [0, 0.1) is 10.1 Å². The minimum absolute atomic E-state index is 0.0831. The van der Waals surface area contributed by atoms with Crippen molar-refractivity contribution in [2.45, 2.75) is 16.3 Å². The summed E-state index contributed by atoms with van der Waals surface area (Å²) in [7, 11) is -4.23. The molecular formula is C39H35Cl2N7O4S2. The summed E-state index contributed by atoms with van der Waals surface area (Å²) < 4.78 is 29.5. The number of piperazine rings is 1. The van der Waals surface area contributed by atoms with Gasteiger partial charge in [0.05, 0.1) is 25.4 Å². The Labute approximate surface area is 327 Å². The summed E-state index contributed by atoms with van der Waals surface area (Å²) in [5.41, 5.74) is 4.78. The van der Waals surface area contributed by atoms with Crippen molar-refractivity contribution in [2.75, 3.05) is 53.4 Å². The molecule has 11 nitrogen and oxygen atoms in total. The molecule has 54 heavy (non-hydrogen) atoms. The molecule has 276 valence electrons. The Hall–Kier alpha value is -4.92. The van der Waals surface area contributed by atoms with Crippen LogP contribution in [0.5, 0.6) is 0 Å². The molecule has 5 aromatic carbocycles. The van der Waals surface area contributed by atoms with Crippen LogP contribution in [0.3, 0.4) is 0 Å². The number of nitrogens with one attached hydrogen (secondary N) is 2. The summed E-state index contributed by atoms with van der Waals surface area (Å²) >= 11 is 14.1. The van der Waals surface area contributed by atoms with Gasteiger partial charge in [-0.1, -0.05) is 71.7 Å². The number of nitro groups is 1. The Morgan fingerprint density at radius 1 is 0.833 bits per heavy atom. The molecule has 1 aromatic heterocycles. The molecule has 1 aliphatic rings. The first-order chi connectivity index (χ1) is 26.1. The first kappa shape index (κ1) is 37.4. The highest BCUT2D eigenvalue weighted by Gasteiger charge is 2.24. The molecule has 6 aromatic rings. The summed E-state index contributed by atoms with van der Waals surface area (Å²) in [5, 5.41) is 16.6. The largest absolute Gasteiger partial charge is 0.379 e. The third-order valence-corrected chi connectivity index (χ3v) is 12.2. The van der Waals surface area contributed by atoms with Gasteiger partial charge in [0.1, 0.15) is 12.0 Å². The van der Waals surface area contributed by atoms with Gasteiger partial charge in [-0.15, -0.1) is 11.8 Å². The van der Waals surface area contributed by atoms with E-state index in [1.54, 1.807) is 17.8 Å². The molecule has 0 atom stereocenters. The van der Waals surface area contributed by atoms with Crippen LogP contribution in [0.4, 0.5) is 22.9 Å². The molecule has 15 heteroatoms. The van der Waals surface area contributed by atoms with Crippen LogP contribution in [0.25, 0.3) is 22.0 Å². The molecule has 1 fully saturated rings. The molecule has 2 heterocycles. The number of hydrogen-bond donors (Lipinski definition) is 2. The van der Waals surface area contributed by atoms with Gasteiger partial charge >= 0.3 is 0 Å². The van der Waals surface area contributed by atoms with Crippen molar-refractivity contribution in [1.82, 2.24) is 14.9 Å². The molecular weight excluding hydrogens is 766 g/mol. The SMILES string of the molecule is O=[N+]([O-])c1cc(S(=O)(=O)Nc2ncnc3cc(N4CCN(Cc5ccccc5-c5ccc(Cl)c(Cl)c5)CC4)ccc23)ccc1NCCSc1ccccc1. The number of benzene rings is 5. The van der Waals surface area contributed by atoms with E-state index in [1.165, 1.54) is 24.0 Å². The Morgan fingerprint density at radius 3 is 2.39 bits per heavy atom. The van der Waals surface area contributed by atoms with Crippen molar-refractivity contribution in [1.29, 1.82) is 0 Å². The molecule has 7 rings (SSSR count). The average Bonchev–Trinajstić information content (AvgIpc) is 3.18. The zero-order valence-electron chi connectivity index (χ0n) is 28.9. The molecule has 2 N–H and O–H groups in total. The number of halogens is 2. The summed E-state index contributed by atoms with van der Waals surface area (Å²) in [6.07, 6.45) is 1.30. The molecule has 0 aliphatic carbocycles. The van der Waals surface area contributed by atoms with Gasteiger partial charge < -0.3 is 10.2 Å². The molecule has 0 spiro atoms. The van der Waals surface area contributed by atoms with Crippen molar-refractivity contribution < 1.29 is 13.3 Å². The second-order valence-electron chi connectivity index (χ2n) is 12.6. The highest BCUT2D eigenvalue weighted by molar-refractivity contribution is 7.99. The van der Waals surface area contributed by atoms with E-state index in [1.807, 2.05) is 72.8 Å². The summed E-state index contributed by atoms with van der Waals surface area (Å²) in [4.78, 5) is 25.5. The van der Waals surface area contributed by atoms with Gasteiger partial charge in [0, 0.05) is 67.1 Å². The molecule has 0 radical (unpaired) electrons. The number of fused-ring (bicyclic) bond motifs is 1. The maximum absolute atomic E-state index is 13.5. The zero-order chi connectivity index (χ0) is 37.7. The molecule has 0 unspecified atom stereocenters. The van der Waals surface area contributed by atoms with Gasteiger partial charge in [0.25, 0.3) is 15.7 Å². The van der Waals surface area contributed by atoms with Crippen LogP contribution < -0.4 is 14.9 Å². The van der Waals surface area contributed by atoms with Crippen LogP contribution in [0.15, 0.2) is 125 Å². The van der Waals surface area contributed by atoms with Gasteiger partial charge in [0.15, 0.2) is 5.82 Å². The number of thioether (sulfide) groups is 1. The monoisotopic (exact) mass is 799 g/mol. The fraction of sp³-hybridized carbons (Fsp3) is 0.179. The highest BCUT2D eigenvalue weighted by atomic mass is 35.5. The lowest BCUT2D eigenvalue weighted by Gasteiger charge is -2.36. The Balaban J connectivity index is 1.000. The lowest BCUT2D eigenvalue weighted by atomic mass is 9.99. The van der Waals surface area contributed by atoms with Crippen molar-refractivity contribution in [3.63, 3.8) is 0 Å². The molecule has 1 saturated heterocycles. The van der Waals surface area contributed by atoms with Gasteiger partial charge in [-0.2, -0.15) is 0 Å². The fourth-order valence-electron chi connectivity index (χ4n) is 6.37. The number of sulfonamides is 1. The van der Waals surface area contributed by atoms with E-state index in [0.29, 0.717) is 33.2 Å². The van der Waals surface area contributed by atoms with Crippen molar-refractivity contribution in [2.24, 2.45) is 0 Å². The van der Waals surface area contributed by atoms with Crippen LogP contribution in [-0.2, 0) is 16.6 Å². The fourth-order valence-corrected chi connectivity index (χ4v) is 8.51. The van der Waals surface area contributed by atoms with Gasteiger partial charge in [-0.25, -0.2) is 18.4 Å². The number of nitro benzene ring substituents is 1. The predicted octanol–water partition coefficient (Wildman–Crippen LogP) is 8.84. The van der Waals surface area contributed by atoms with Crippen LogP contribution in [-0.4, -0.2) is 66.7 Å². The standard InChI is InChI=1S/C39H35Cl2N7O4S2/c40-34-14-10-27(22-35(34)41)32-9-5-4-6-28(32)25-46-17-19-47(20-18-46)29-11-13-33-37(23-29)43-26-44-39(33)45-54(51,52)31-12-15-36(38(24-31)48(49)50)42-16-21-53-30-7-2-1-3-8-30/h1-15,22-24,26,42H,16-21,25H2,(H,43,44,45). The number of hydrogen-bond acceptors (Lipinski definition) is 10. The molecule has 0 saturated carbocycles. The lowest BCUT2D eigenvalue weighted by molar-refractivity contribution is -0.384. The van der Waals surface area contributed by atoms with E-state index in [9.17, 15) is 18.5 Å². The van der Waals surface area contributed by atoms with Gasteiger partial charge in [-0.05, 0) is 71.3 Å². The Bertz CT molecular complexity index is 2410. The van der Waals surface area contributed by atoms with Crippen LogP contribution in [0.2, 0.25) is 10.0 Å². The maximum atomic E-state index is 13.5. The highest BCUT2D eigenvalue weighted by Crippen LogP contribution is 2.33. The third kappa shape index (κ3) is 8.72. The van der Waals surface area contributed by atoms with Crippen molar-refractivity contribution >= 4 is 78.8 Å². The topological polar surface area (TPSA) is 134 Å². The third-order valence-electron chi connectivity index (χ3n) is 9.14. The molecule has 0 bridgehead atoms. The zero-order valence-corrected chi connectivity index (χ0v) is 32.0. The van der Waals surface area contributed by atoms with Crippen molar-refractivity contribution in [3.8, 4) is 11.1 Å².